The normalized spacial score (nSPS) is 10.7. The van der Waals surface area contributed by atoms with Crippen LogP contribution in [-0.4, -0.2) is 19.9 Å². The van der Waals surface area contributed by atoms with E-state index in [1.165, 1.54) is 22.3 Å². The summed E-state index contributed by atoms with van der Waals surface area (Å²) >= 11 is 0. The Morgan fingerprint density at radius 1 is 0.519 bits per heavy atom. The summed E-state index contributed by atoms with van der Waals surface area (Å²) in [6.45, 7) is 4.12. The van der Waals surface area contributed by atoms with Crippen LogP contribution in [0.15, 0.2) is 73.3 Å². The highest BCUT2D eigenvalue weighted by atomic mass is 14.8. The SMILES string of the molecule is Cc1ccnc(-c2cc(Cc3ccnc(-c4cc(C)ccn4)c3)ccn2)c1. The second-order valence-corrected chi connectivity index (χ2v) is 6.71. The van der Waals surface area contributed by atoms with Crippen molar-refractivity contribution in [3.63, 3.8) is 0 Å². The third-order valence-corrected chi connectivity index (χ3v) is 4.41. The number of aryl methyl sites for hydroxylation is 2. The molecule has 4 aromatic rings. The van der Waals surface area contributed by atoms with Crippen molar-refractivity contribution in [1.82, 2.24) is 19.9 Å². The van der Waals surface area contributed by atoms with Gasteiger partial charge >= 0.3 is 0 Å². The summed E-state index contributed by atoms with van der Waals surface area (Å²) < 4.78 is 0. The van der Waals surface area contributed by atoms with Gasteiger partial charge in [0, 0.05) is 24.8 Å². The predicted octanol–water partition coefficient (Wildman–Crippen LogP) is 4.81. The summed E-state index contributed by atoms with van der Waals surface area (Å²) in [5, 5.41) is 0. The van der Waals surface area contributed by atoms with Crippen molar-refractivity contribution in [1.29, 1.82) is 0 Å². The van der Waals surface area contributed by atoms with Crippen molar-refractivity contribution in [2.24, 2.45) is 0 Å². The molecule has 4 aromatic heterocycles. The largest absolute Gasteiger partial charge is 0.255 e. The molecule has 132 valence electrons. The summed E-state index contributed by atoms with van der Waals surface area (Å²) in [4.78, 5) is 17.8. The van der Waals surface area contributed by atoms with Crippen LogP contribution < -0.4 is 0 Å². The van der Waals surface area contributed by atoms with Crippen LogP contribution in [0.4, 0.5) is 0 Å². The molecule has 0 saturated carbocycles. The first-order valence-electron chi connectivity index (χ1n) is 8.93. The number of hydrogen-bond acceptors (Lipinski definition) is 4. The molecule has 4 nitrogen and oxygen atoms in total. The Labute approximate surface area is 159 Å². The molecule has 0 bridgehead atoms. The molecule has 4 heteroatoms. The Hall–Kier alpha value is -3.40. The number of nitrogens with zero attached hydrogens (tertiary/aromatic N) is 4. The quantitative estimate of drug-likeness (QED) is 0.529. The predicted molar refractivity (Wildman–Crippen MR) is 107 cm³/mol. The van der Waals surface area contributed by atoms with Crippen LogP contribution in [0.3, 0.4) is 0 Å². The van der Waals surface area contributed by atoms with Crippen LogP contribution in [0, 0.1) is 13.8 Å². The number of hydrogen-bond donors (Lipinski definition) is 0. The maximum Gasteiger partial charge on any atom is 0.0889 e. The molecule has 4 heterocycles. The first-order valence-corrected chi connectivity index (χ1v) is 8.93. The smallest absolute Gasteiger partial charge is 0.0889 e. The Balaban J connectivity index is 1.61. The molecule has 0 unspecified atom stereocenters. The van der Waals surface area contributed by atoms with E-state index in [2.05, 4.69) is 58.0 Å². The highest BCUT2D eigenvalue weighted by molar-refractivity contribution is 5.57. The molecule has 0 fully saturated rings. The number of aromatic nitrogens is 4. The van der Waals surface area contributed by atoms with Gasteiger partial charge in [-0.05, 0) is 91.1 Å². The third kappa shape index (κ3) is 4.06. The molecule has 0 spiro atoms. The van der Waals surface area contributed by atoms with E-state index >= 15 is 0 Å². The number of rotatable bonds is 4. The van der Waals surface area contributed by atoms with Crippen LogP contribution in [0.2, 0.25) is 0 Å². The molecular weight excluding hydrogens is 332 g/mol. The Morgan fingerprint density at radius 3 is 1.30 bits per heavy atom. The number of pyridine rings is 4. The monoisotopic (exact) mass is 352 g/mol. The minimum atomic E-state index is 0.808. The van der Waals surface area contributed by atoms with Gasteiger partial charge < -0.3 is 0 Å². The summed E-state index contributed by atoms with van der Waals surface area (Å²) in [6, 6.07) is 16.4. The molecule has 27 heavy (non-hydrogen) atoms. The van der Waals surface area contributed by atoms with E-state index in [-0.39, 0.29) is 0 Å². The average Bonchev–Trinajstić information content (AvgIpc) is 2.68. The molecule has 0 N–H and O–H groups in total. The summed E-state index contributed by atoms with van der Waals surface area (Å²) in [5.41, 5.74) is 8.33. The van der Waals surface area contributed by atoms with Gasteiger partial charge in [-0.3, -0.25) is 19.9 Å². The standard InChI is InChI=1S/C23H20N4/c1-16-3-7-24-20(11-16)22-14-18(5-9-26-22)13-19-6-10-27-23(15-19)21-12-17(2)4-8-25-21/h3-12,14-15H,13H2,1-2H3. The first kappa shape index (κ1) is 17.0. The van der Waals surface area contributed by atoms with Crippen LogP contribution in [0.25, 0.3) is 22.8 Å². The zero-order valence-corrected chi connectivity index (χ0v) is 15.4. The van der Waals surface area contributed by atoms with Gasteiger partial charge in [-0.1, -0.05) is 0 Å². The summed E-state index contributed by atoms with van der Waals surface area (Å²) in [5.74, 6) is 0. The Bertz CT molecular complexity index is 1000. The summed E-state index contributed by atoms with van der Waals surface area (Å²) in [6.07, 6.45) is 8.15. The van der Waals surface area contributed by atoms with E-state index in [0.717, 1.165) is 29.2 Å². The lowest BCUT2D eigenvalue weighted by Crippen LogP contribution is -1.95. The van der Waals surface area contributed by atoms with Gasteiger partial charge in [0.05, 0.1) is 22.8 Å². The molecule has 0 saturated heterocycles. The van der Waals surface area contributed by atoms with Crippen molar-refractivity contribution in [3.8, 4) is 22.8 Å². The molecule has 0 aliphatic rings. The zero-order valence-electron chi connectivity index (χ0n) is 15.4. The van der Waals surface area contributed by atoms with Crippen molar-refractivity contribution >= 4 is 0 Å². The Kier molecular flexibility index (Phi) is 4.71. The topological polar surface area (TPSA) is 51.6 Å². The molecular formula is C23H20N4. The highest BCUT2D eigenvalue weighted by Gasteiger charge is 2.06. The first-order chi connectivity index (χ1) is 13.2. The third-order valence-electron chi connectivity index (χ3n) is 4.41. The van der Waals surface area contributed by atoms with E-state index in [0.29, 0.717) is 0 Å². The molecule has 0 aliphatic carbocycles. The van der Waals surface area contributed by atoms with Crippen molar-refractivity contribution in [3.05, 3.63) is 95.6 Å². The zero-order chi connectivity index (χ0) is 18.6. The van der Waals surface area contributed by atoms with E-state index in [1.807, 2.05) is 49.1 Å². The maximum atomic E-state index is 4.48. The van der Waals surface area contributed by atoms with Crippen molar-refractivity contribution in [2.45, 2.75) is 20.3 Å². The Morgan fingerprint density at radius 2 is 0.889 bits per heavy atom. The molecule has 0 radical (unpaired) electrons. The van der Waals surface area contributed by atoms with Gasteiger partial charge in [-0.2, -0.15) is 0 Å². The van der Waals surface area contributed by atoms with Crippen LogP contribution in [0.1, 0.15) is 22.3 Å². The van der Waals surface area contributed by atoms with Crippen LogP contribution in [0.5, 0.6) is 0 Å². The summed E-state index contributed by atoms with van der Waals surface area (Å²) in [7, 11) is 0. The minimum absolute atomic E-state index is 0.808. The van der Waals surface area contributed by atoms with E-state index < -0.39 is 0 Å². The van der Waals surface area contributed by atoms with Gasteiger partial charge in [0.15, 0.2) is 0 Å². The van der Waals surface area contributed by atoms with Gasteiger partial charge in [0.25, 0.3) is 0 Å². The van der Waals surface area contributed by atoms with E-state index in [4.69, 9.17) is 0 Å². The van der Waals surface area contributed by atoms with Gasteiger partial charge in [0.2, 0.25) is 0 Å². The molecule has 4 rings (SSSR count). The second-order valence-electron chi connectivity index (χ2n) is 6.71. The van der Waals surface area contributed by atoms with Gasteiger partial charge in [0.1, 0.15) is 0 Å². The fraction of sp³-hybridized carbons (Fsp3) is 0.130. The second kappa shape index (κ2) is 7.46. The van der Waals surface area contributed by atoms with Crippen molar-refractivity contribution < 1.29 is 0 Å². The molecule has 0 amide bonds. The fourth-order valence-electron chi connectivity index (χ4n) is 3.04. The lowest BCUT2D eigenvalue weighted by atomic mass is 10.0. The average molecular weight is 352 g/mol. The van der Waals surface area contributed by atoms with Crippen LogP contribution >= 0.6 is 0 Å². The molecule has 0 atom stereocenters. The lowest BCUT2D eigenvalue weighted by molar-refractivity contribution is 1.13. The van der Waals surface area contributed by atoms with E-state index in [1.54, 1.807) is 0 Å². The molecule has 0 aliphatic heterocycles. The lowest BCUT2D eigenvalue weighted by Gasteiger charge is -2.07. The molecule has 0 aromatic carbocycles. The van der Waals surface area contributed by atoms with E-state index in [9.17, 15) is 0 Å². The minimum Gasteiger partial charge on any atom is -0.255 e. The van der Waals surface area contributed by atoms with Crippen molar-refractivity contribution in [2.75, 3.05) is 0 Å². The van der Waals surface area contributed by atoms with Gasteiger partial charge in [-0.15, -0.1) is 0 Å². The maximum absolute atomic E-state index is 4.48. The fourth-order valence-corrected chi connectivity index (χ4v) is 3.04. The van der Waals surface area contributed by atoms with Crippen LogP contribution in [-0.2, 0) is 6.42 Å². The highest BCUT2D eigenvalue weighted by Crippen LogP contribution is 2.21. The van der Waals surface area contributed by atoms with Gasteiger partial charge in [-0.25, -0.2) is 0 Å².